The van der Waals surface area contributed by atoms with E-state index in [0.717, 1.165) is 93.6 Å². The van der Waals surface area contributed by atoms with Crippen LogP contribution in [0.15, 0.2) is 140 Å². The van der Waals surface area contributed by atoms with Gasteiger partial charge >= 0.3 is 23.9 Å². The molecular weight excluding hydrogens is 1010 g/mol. The first kappa shape index (κ1) is 67.1. The minimum absolute atomic E-state index is 0.152. The van der Waals surface area contributed by atoms with E-state index in [0.29, 0.717) is 67.6 Å². The number of aliphatic hydroxyl groups is 1. The summed E-state index contributed by atoms with van der Waals surface area (Å²) in [6, 6.07) is 42.8. The van der Waals surface area contributed by atoms with E-state index in [9.17, 15) is 28.8 Å². The van der Waals surface area contributed by atoms with Crippen molar-refractivity contribution in [3.8, 4) is 11.5 Å². The minimum Gasteiger partial charge on any atom is -0.508 e. The summed E-state index contributed by atoms with van der Waals surface area (Å²) in [5.74, 6) is 2.29. The van der Waals surface area contributed by atoms with Gasteiger partial charge in [-0.3, -0.25) is 14.4 Å². The molecule has 0 spiro atoms. The topological polar surface area (TPSA) is 180 Å². The lowest BCUT2D eigenvalue weighted by atomic mass is 9.99. The molecule has 0 bridgehead atoms. The van der Waals surface area contributed by atoms with Crippen LogP contribution in [-0.4, -0.2) is 66.0 Å². The first-order valence-corrected chi connectivity index (χ1v) is 28.8. The molecule has 12 heteroatoms. The van der Waals surface area contributed by atoms with Gasteiger partial charge in [0.05, 0.1) is 12.0 Å². The lowest BCUT2D eigenvalue weighted by molar-refractivity contribution is -0.152. The van der Waals surface area contributed by atoms with Crippen LogP contribution in [0.5, 0.6) is 11.5 Å². The summed E-state index contributed by atoms with van der Waals surface area (Å²) >= 11 is 0. The molecule has 3 aliphatic heterocycles. The smallest absolute Gasteiger partial charge is 0.344 e. The number of aromatic hydroxyl groups is 1. The van der Waals surface area contributed by atoms with Crippen LogP contribution >= 0.6 is 0 Å². The van der Waals surface area contributed by atoms with Gasteiger partial charge in [0, 0.05) is 43.4 Å². The van der Waals surface area contributed by atoms with Crippen LogP contribution in [0.25, 0.3) is 5.76 Å². The largest absolute Gasteiger partial charge is 0.508 e. The third kappa shape index (κ3) is 30.8. The molecule has 8 rings (SSSR count). The molecule has 432 valence electrons. The molecule has 0 amide bonds. The fourth-order valence-corrected chi connectivity index (χ4v) is 8.38. The molecule has 0 radical (unpaired) electrons. The Morgan fingerprint density at radius 2 is 1.07 bits per heavy atom. The number of hydrogen-bond acceptors (Lipinski definition) is 12. The lowest BCUT2D eigenvalue weighted by Gasteiger charge is -2.08. The summed E-state index contributed by atoms with van der Waals surface area (Å²) in [5, 5.41) is 17.7. The number of benzene rings is 5. The van der Waals surface area contributed by atoms with Crippen molar-refractivity contribution in [2.24, 2.45) is 11.8 Å². The van der Waals surface area contributed by atoms with Crippen LogP contribution in [-0.2, 0) is 63.9 Å². The molecule has 12 nitrogen and oxygen atoms in total. The molecule has 3 heterocycles. The Balaban J connectivity index is 0.000000254. The number of allylic oxidation sites excluding steroid dienone is 1. The van der Waals surface area contributed by atoms with E-state index in [-0.39, 0.29) is 48.6 Å². The van der Waals surface area contributed by atoms with Gasteiger partial charge in [-0.25, -0.2) is 4.79 Å². The molecule has 1 saturated heterocycles. The monoisotopic (exact) mass is 1100 g/mol. The van der Waals surface area contributed by atoms with E-state index in [1.807, 2.05) is 66.7 Å². The molecule has 2 atom stereocenters. The number of carbonyl (C=O) groups excluding carboxylic acids is 6. The second kappa shape index (κ2) is 41.8. The molecule has 2 unspecified atom stereocenters. The van der Waals surface area contributed by atoms with Gasteiger partial charge in [-0.1, -0.05) is 175 Å². The van der Waals surface area contributed by atoms with Crippen molar-refractivity contribution in [1.82, 2.24) is 0 Å². The number of ether oxygens (including phenoxy) is 4. The highest BCUT2D eigenvalue weighted by atomic mass is 16.6. The van der Waals surface area contributed by atoms with Crippen LogP contribution in [0, 0.1) is 11.8 Å². The van der Waals surface area contributed by atoms with Gasteiger partial charge in [-0.2, -0.15) is 0 Å². The predicted octanol–water partition coefficient (Wildman–Crippen LogP) is 14.5. The molecule has 5 aromatic carbocycles. The number of Topliss-reactive ketones (excluding diaryl/α,β-unsaturated/α-hetero) is 1. The first-order chi connectivity index (χ1) is 38.8. The molecule has 0 saturated carbocycles. The third-order valence-corrected chi connectivity index (χ3v) is 13.2. The molecule has 1 fully saturated rings. The van der Waals surface area contributed by atoms with E-state index in [1.165, 1.54) is 43.2 Å². The fourth-order valence-electron chi connectivity index (χ4n) is 8.38. The average molecular weight is 1100 g/mol. The van der Waals surface area contributed by atoms with E-state index in [4.69, 9.17) is 29.2 Å². The zero-order valence-corrected chi connectivity index (χ0v) is 48.0. The Morgan fingerprint density at radius 1 is 0.575 bits per heavy atom. The molecular formula is C68H88O12. The summed E-state index contributed by atoms with van der Waals surface area (Å²) in [7, 11) is 0. The van der Waals surface area contributed by atoms with Crippen molar-refractivity contribution in [2.75, 3.05) is 19.8 Å². The van der Waals surface area contributed by atoms with Gasteiger partial charge in [-0.15, -0.1) is 0 Å². The van der Waals surface area contributed by atoms with Gasteiger partial charge in [0.1, 0.15) is 42.5 Å². The second-order valence-corrected chi connectivity index (χ2v) is 20.4. The Hall–Kier alpha value is -7.18. The van der Waals surface area contributed by atoms with Crippen molar-refractivity contribution < 1.29 is 57.9 Å². The van der Waals surface area contributed by atoms with Crippen molar-refractivity contribution in [2.45, 2.75) is 163 Å². The van der Waals surface area contributed by atoms with Gasteiger partial charge in [0.25, 0.3) is 0 Å². The van der Waals surface area contributed by atoms with Gasteiger partial charge in [-0.05, 0) is 124 Å². The Morgan fingerprint density at radius 3 is 1.60 bits per heavy atom. The standard InChI is InChI=1S/C14H24O4.C12H12O2.C12H18O.C12H16O.C10H12O2.C8H6O2/c15-13-9-7-5-3-1-2-4-6-8-10-14(16)18-12-11-17-13;1-2-3-8-11-9-6-4-5-7-10(9)12(13)14-11;2*1-11(9-10-13)7-8-12-5-3-2-4-6-12;1-8(11)2-3-9-4-6-10(12)7-5-9;9-8-5-6-3-1-2-4-7(6)10-8/h1-12H2;4-8H,2-3H2,1H3;2-6,11,13H,7-10H2,1H3;2-6,10-11H,7-9H2,1H3;4-7,12H,2-3H2,1H3;1-4H,5H2. The van der Waals surface area contributed by atoms with Gasteiger partial charge < -0.3 is 38.7 Å². The van der Waals surface area contributed by atoms with Crippen LogP contribution in [0.3, 0.4) is 0 Å². The fraction of sp³-hybridized carbons (Fsp3) is 0.441. The maximum Gasteiger partial charge on any atom is 0.344 e. The highest BCUT2D eigenvalue weighted by Crippen LogP contribution is 2.30. The number of para-hydroxylation sites is 1. The number of hydrogen-bond donors (Lipinski definition) is 2. The van der Waals surface area contributed by atoms with E-state index in [2.05, 4.69) is 69.3 Å². The number of esters is 4. The summed E-state index contributed by atoms with van der Waals surface area (Å²) in [6.45, 7) is 8.68. The van der Waals surface area contributed by atoms with Crippen molar-refractivity contribution in [3.05, 3.63) is 173 Å². The number of rotatable bonds is 15. The third-order valence-electron chi connectivity index (χ3n) is 13.2. The van der Waals surface area contributed by atoms with Crippen LogP contribution in [0.4, 0.5) is 0 Å². The number of cyclic esters (lactones) is 3. The summed E-state index contributed by atoms with van der Waals surface area (Å²) < 4.78 is 20.0. The van der Waals surface area contributed by atoms with Crippen molar-refractivity contribution in [1.29, 1.82) is 0 Å². The van der Waals surface area contributed by atoms with Crippen LogP contribution in [0.2, 0.25) is 0 Å². The summed E-state index contributed by atoms with van der Waals surface area (Å²) in [6.07, 6.45) is 22.6. The first-order valence-electron chi connectivity index (χ1n) is 28.8. The number of aldehydes is 1. The van der Waals surface area contributed by atoms with Crippen LogP contribution in [0.1, 0.15) is 175 Å². The minimum atomic E-state index is -0.233. The molecule has 3 aliphatic rings. The number of phenolic OH excluding ortho intramolecular Hbond substituents is 1. The van der Waals surface area contributed by atoms with Crippen molar-refractivity contribution >= 4 is 41.7 Å². The quantitative estimate of drug-likeness (QED) is 0.0439. The Bertz CT molecular complexity index is 2500. The van der Waals surface area contributed by atoms with E-state index >= 15 is 0 Å². The Labute approximate surface area is 476 Å². The number of carbonyl (C=O) groups is 6. The number of aryl methyl sites for hydroxylation is 3. The summed E-state index contributed by atoms with van der Waals surface area (Å²) in [4.78, 5) is 65.5. The average Bonchev–Trinajstić information content (AvgIpc) is 4.02. The second-order valence-electron chi connectivity index (χ2n) is 20.4. The number of aliphatic hydroxyl groups excluding tert-OH is 1. The SMILES string of the molecule is CC(=O)CCc1ccc(O)cc1.CC(CC=O)CCc1ccccc1.CC(CCO)CCc1ccccc1.CCCC=C1OC(=O)c2ccccc21.O=C1CCCCCCCCCCC(=O)OCCO1.O=C1Cc2ccccc2O1. The zero-order valence-electron chi connectivity index (χ0n) is 48.0. The highest BCUT2D eigenvalue weighted by Gasteiger charge is 2.25. The molecule has 2 N–H and O–H groups in total. The predicted molar refractivity (Wildman–Crippen MR) is 316 cm³/mol. The maximum absolute atomic E-state index is 11.4. The maximum atomic E-state index is 11.4. The normalized spacial score (nSPS) is 15.3. The van der Waals surface area contributed by atoms with E-state index < -0.39 is 0 Å². The number of phenols is 1. The number of unbranched alkanes of at least 4 members (excludes halogenated alkanes) is 1. The molecule has 0 aromatic heterocycles. The molecule has 80 heavy (non-hydrogen) atoms. The summed E-state index contributed by atoms with van der Waals surface area (Å²) in [5.41, 5.74) is 6.43. The van der Waals surface area contributed by atoms with Crippen LogP contribution < -0.4 is 4.74 Å². The lowest BCUT2D eigenvalue weighted by Crippen LogP contribution is -2.13. The van der Waals surface area contributed by atoms with Gasteiger partial charge in [0.2, 0.25) is 0 Å². The molecule has 0 aliphatic carbocycles. The Kier molecular flexibility index (Phi) is 35.1. The zero-order chi connectivity index (χ0) is 58.0. The number of ketones is 1. The number of fused-ring (bicyclic) bond motifs is 2. The van der Waals surface area contributed by atoms with Gasteiger partial charge in [0.15, 0.2) is 0 Å². The van der Waals surface area contributed by atoms with Crippen molar-refractivity contribution in [3.63, 3.8) is 0 Å². The van der Waals surface area contributed by atoms with E-state index in [1.54, 1.807) is 31.2 Å². The highest BCUT2D eigenvalue weighted by molar-refractivity contribution is 6.02. The molecule has 5 aromatic rings.